The molecule has 0 spiro atoms. The van der Waals surface area contributed by atoms with E-state index in [1.165, 1.54) is 44.1 Å². The van der Waals surface area contributed by atoms with Crippen LogP contribution in [0.4, 0.5) is 0 Å². The Morgan fingerprint density at radius 3 is 2.65 bits per heavy atom. The molecule has 1 nitrogen and oxygen atoms in total. The quantitative estimate of drug-likeness (QED) is 0.838. The average molecular weight is 231 g/mol. The number of rotatable bonds is 4. The zero-order valence-corrected chi connectivity index (χ0v) is 10.9. The standard InChI is InChI=1S/C16H25N/c1-2-6-13-9-10-16(17)15(11-13)12-14-7-4-3-5-8-14/h3-5,7-8,13,15-16H,2,6,9-12,17H2,1H3. The molecule has 0 radical (unpaired) electrons. The van der Waals surface area contributed by atoms with E-state index in [9.17, 15) is 0 Å². The van der Waals surface area contributed by atoms with Gasteiger partial charge < -0.3 is 5.73 Å². The van der Waals surface area contributed by atoms with Crippen LogP contribution in [0.2, 0.25) is 0 Å². The number of benzene rings is 1. The topological polar surface area (TPSA) is 26.0 Å². The summed E-state index contributed by atoms with van der Waals surface area (Å²) < 4.78 is 0. The second-order valence-corrected chi connectivity index (χ2v) is 5.58. The molecule has 0 aromatic heterocycles. The van der Waals surface area contributed by atoms with E-state index in [4.69, 9.17) is 5.73 Å². The highest BCUT2D eigenvalue weighted by molar-refractivity contribution is 5.15. The lowest BCUT2D eigenvalue weighted by molar-refractivity contribution is 0.221. The highest BCUT2D eigenvalue weighted by atomic mass is 14.7. The minimum Gasteiger partial charge on any atom is -0.327 e. The fourth-order valence-electron chi connectivity index (χ4n) is 3.21. The van der Waals surface area contributed by atoms with Crippen LogP contribution in [0, 0.1) is 11.8 Å². The van der Waals surface area contributed by atoms with E-state index in [0.29, 0.717) is 12.0 Å². The third-order valence-electron chi connectivity index (χ3n) is 4.19. The molecule has 94 valence electrons. The van der Waals surface area contributed by atoms with Crippen molar-refractivity contribution in [2.45, 2.75) is 51.5 Å². The van der Waals surface area contributed by atoms with Gasteiger partial charge in [-0.1, -0.05) is 50.1 Å². The van der Waals surface area contributed by atoms with Crippen LogP contribution in [0.15, 0.2) is 30.3 Å². The summed E-state index contributed by atoms with van der Waals surface area (Å²) in [5.41, 5.74) is 7.73. The molecular formula is C16H25N. The molecule has 1 aromatic rings. The molecule has 0 amide bonds. The van der Waals surface area contributed by atoms with Crippen LogP contribution in [0.25, 0.3) is 0 Å². The van der Waals surface area contributed by atoms with Crippen molar-refractivity contribution < 1.29 is 0 Å². The van der Waals surface area contributed by atoms with E-state index >= 15 is 0 Å². The molecule has 17 heavy (non-hydrogen) atoms. The summed E-state index contributed by atoms with van der Waals surface area (Å²) in [6.07, 6.45) is 7.78. The lowest BCUT2D eigenvalue weighted by Gasteiger charge is -2.34. The Kier molecular flexibility index (Phi) is 4.61. The molecule has 1 heteroatoms. The van der Waals surface area contributed by atoms with Crippen molar-refractivity contribution in [3.8, 4) is 0 Å². The number of hydrogen-bond donors (Lipinski definition) is 1. The molecule has 3 atom stereocenters. The van der Waals surface area contributed by atoms with Crippen molar-refractivity contribution in [3.05, 3.63) is 35.9 Å². The van der Waals surface area contributed by atoms with Gasteiger partial charge >= 0.3 is 0 Å². The van der Waals surface area contributed by atoms with Crippen molar-refractivity contribution in [3.63, 3.8) is 0 Å². The lowest BCUT2D eigenvalue weighted by Crippen LogP contribution is -2.37. The molecule has 2 N–H and O–H groups in total. The first-order chi connectivity index (χ1) is 8.29. The van der Waals surface area contributed by atoms with Crippen molar-refractivity contribution in [1.82, 2.24) is 0 Å². The Morgan fingerprint density at radius 2 is 1.94 bits per heavy atom. The van der Waals surface area contributed by atoms with Gasteiger partial charge in [0.25, 0.3) is 0 Å². The van der Waals surface area contributed by atoms with Gasteiger partial charge in [0.05, 0.1) is 0 Å². The molecule has 1 saturated carbocycles. The minimum atomic E-state index is 0.420. The third kappa shape index (κ3) is 3.57. The fourth-order valence-corrected chi connectivity index (χ4v) is 3.21. The first-order valence-electron chi connectivity index (χ1n) is 7.09. The van der Waals surface area contributed by atoms with Gasteiger partial charge in [-0.05, 0) is 43.1 Å². The Balaban J connectivity index is 1.94. The van der Waals surface area contributed by atoms with Crippen LogP contribution in [-0.2, 0) is 6.42 Å². The highest BCUT2D eigenvalue weighted by Gasteiger charge is 2.27. The van der Waals surface area contributed by atoms with Crippen molar-refractivity contribution in [2.75, 3.05) is 0 Å². The van der Waals surface area contributed by atoms with Crippen molar-refractivity contribution >= 4 is 0 Å². The molecule has 1 aliphatic carbocycles. The zero-order chi connectivity index (χ0) is 12.1. The number of nitrogens with two attached hydrogens (primary N) is 1. The second-order valence-electron chi connectivity index (χ2n) is 5.58. The normalized spacial score (nSPS) is 29.2. The second kappa shape index (κ2) is 6.20. The summed E-state index contributed by atoms with van der Waals surface area (Å²) in [6, 6.07) is 11.2. The predicted octanol–water partition coefficient (Wildman–Crippen LogP) is 3.77. The predicted molar refractivity (Wildman–Crippen MR) is 73.9 cm³/mol. The Morgan fingerprint density at radius 1 is 1.18 bits per heavy atom. The van der Waals surface area contributed by atoms with E-state index in [0.717, 1.165) is 5.92 Å². The van der Waals surface area contributed by atoms with Crippen LogP contribution in [-0.4, -0.2) is 6.04 Å². The van der Waals surface area contributed by atoms with Gasteiger partial charge in [-0.15, -0.1) is 0 Å². The van der Waals surface area contributed by atoms with Crippen LogP contribution < -0.4 is 5.73 Å². The highest BCUT2D eigenvalue weighted by Crippen LogP contribution is 2.33. The Bertz CT molecular complexity index is 320. The molecule has 0 heterocycles. The smallest absolute Gasteiger partial charge is 0.00705 e. The van der Waals surface area contributed by atoms with E-state index in [2.05, 4.69) is 37.3 Å². The molecular weight excluding hydrogens is 206 g/mol. The van der Waals surface area contributed by atoms with E-state index in [1.807, 2.05) is 0 Å². The fraction of sp³-hybridized carbons (Fsp3) is 0.625. The molecule has 1 aromatic carbocycles. The van der Waals surface area contributed by atoms with Crippen LogP contribution in [0.5, 0.6) is 0 Å². The Hall–Kier alpha value is -0.820. The van der Waals surface area contributed by atoms with Gasteiger partial charge in [-0.25, -0.2) is 0 Å². The van der Waals surface area contributed by atoms with Crippen LogP contribution in [0.1, 0.15) is 44.6 Å². The van der Waals surface area contributed by atoms with Gasteiger partial charge in [-0.3, -0.25) is 0 Å². The van der Waals surface area contributed by atoms with Gasteiger partial charge in [0.15, 0.2) is 0 Å². The molecule has 0 bridgehead atoms. The van der Waals surface area contributed by atoms with Crippen molar-refractivity contribution in [1.29, 1.82) is 0 Å². The summed E-state index contributed by atoms with van der Waals surface area (Å²) in [5, 5.41) is 0. The molecule has 1 aliphatic rings. The van der Waals surface area contributed by atoms with E-state index < -0.39 is 0 Å². The molecule has 3 unspecified atom stereocenters. The minimum absolute atomic E-state index is 0.420. The van der Waals surface area contributed by atoms with Gasteiger partial charge in [-0.2, -0.15) is 0 Å². The van der Waals surface area contributed by atoms with E-state index in [-0.39, 0.29) is 0 Å². The maximum atomic E-state index is 6.29. The van der Waals surface area contributed by atoms with Crippen molar-refractivity contribution in [2.24, 2.45) is 17.6 Å². The molecule has 1 fully saturated rings. The monoisotopic (exact) mass is 231 g/mol. The summed E-state index contributed by atoms with van der Waals surface area (Å²) in [4.78, 5) is 0. The largest absolute Gasteiger partial charge is 0.327 e. The molecule has 2 rings (SSSR count). The summed E-state index contributed by atoms with van der Waals surface area (Å²) in [7, 11) is 0. The lowest BCUT2D eigenvalue weighted by atomic mass is 9.74. The summed E-state index contributed by atoms with van der Waals surface area (Å²) in [6.45, 7) is 2.29. The zero-order valence-electron chi connectivity index (χ0n) is 10.9. The first kappa shape index (κ1) is 12.6. The Labute approximate surface area is 105 Å². The van der Waals surface area contributed by atoms with Gasteiger partial charge in [0.2, 0.25) is 0 Å². The van der Waals surface area contributed by atoms with Gasteiger partial charge in [0, 0.05) is 6.04 Å². The SMILES string of the molecule is CCCC1CCC(N)C(Cc2ccccc2)C1. The van der Waals surface area contributed by atoms with Crippen LogP contribution >= 0.6 is 0 Å². The summed E-state index contributed by atoms with van der Waals surface area (Å²) >= 11 is 0. The maximum Gasteiger partial charge on any atom is 0.00705 e. The third-order valence-corrected chi connectivity index (χ3v) is 4.19. The van der Waals surface area contributed by atoms with Crippen LogP contribution in [0.3, 0.4) is 0 Å². The summed E-state index contributed by atoms with van der Waals surface area (Å²) in [5.74, 6) is 1.62. The molecule has 0 saturated heterocycles. The maximum absolute atomic E-state index is 6.29. The average Bonchev–Trinajstić information content (AvgIpc) is 2.35. The number of hydrogen-bond acceptors (Lipinski definition) is 1. The first-order valence-corrected chi connectivity index (χ1v) is 7.09. The van der Waals surface area contributed by atoms with E-state index in [1.54, 1.807) is 0 Å². The van der Waals surface area contributed by atoms with Gasteiger partial charge in [0.1, 0.15) is 0 Å². The molecule has 0 aliphatic heterocycles.